The van der Waals surface area contributed by atoms with E-state index in [1.54, 1.807) is 6.20 Å². The fourth-order valence-electron chi connectivity index (χ4n) is 4.92. The Kier molecular flexibility index (Phi) is 6.90. The Hall–Kier alpha value is -3.52. The predicted molar refractivity (Wildman–Crippen MR) is 139 cm³/mol. The Labute approximate surface area is 207 Å². The molecule has 0 bridgehead atoms. The maximum Gasteiger partial charge on any atom is 0.253 e. The molecule has 0 N–H and O–H groups in total. The van der Waals surface area contributed by atoms with Crippen LogP contribution in [0.4, 0.5) is 11.8 Å². The molecule has 0 aliphatic carbocycles. The third-order valence-electron chi connectivity index (χ3n) is 7.17. The number of amides is 1. The van der Waals surface area contributed by atoms with E-state index in [0.717, 1.165) is 61.9 Å². The van der Waals surface area contributed by atoms with Crippen molar-refractivity contribution in [2.45, 2.75) is 18.9 Å². The first-order valence-electron chi connectivity index (χ1n) is 12.4. The van der Waals surface area contributed by atoms with Gasteiger partial charge in [-0.2, -0.15) is 4.98 Å². The summed E-state index contributed by atoms with van der Waals surface area (Å²) in [7, 11) is 4.28. The van der Waals surface area contributed by atoms with E-state index in [4.69, 9.17) is 4.98 Å². The molecule has 0 saturated carbocycles. The van der Waals surface area contributed by atoms with Gasteiger partial charge in [-0.15, -0.1) is 0 Å². The number of rotatable bonds is 5. The molecule has 35 heavy (non-hydrogen) atoms. The van der Waals surface area contributed by atoms with Crippen LogP contribution in [-0.4, -0.2) is 90.1 Å². The highest BCUT2D eigenvalue weighted by Gasteiger charge is 2.25. The van der Waals surface area contributed by atoms with Gasteiger partial charge in [-0.1, -0.05) is 18.2 Å². The summed E-state index contributed by atoms with van der Waals surface area (Å²) in [5.74, 6) is 1.78. The van der Waals surface area contributed by atoms with Crippen LogP contribution in [0, 0.1) is 0 Å². The second kappa shape index (κ2) is 10.4. The highest BCUT2D eigenvalue weighted by molar-refractivity contribution is 5.95. The first kappa shape index (κ1) is 23.2. The van der Waals surface area contributed by atoms with Crippen LogP contribution >= 0.6 is 0 Å². The summed E-state index contributed by atoms with van der Waals surface area (Å²) >= 11 is 0. The van der Waals surface area contributed by atoms with Crippen molar-refractivity contribution >= 4 is 17.7 Å². The molecular weight excluding hydrogens is 438 g/mol. The lowest BCUT2D eigenvalue weighted by Crippen LogP contribution is -2.49. The number of anilines is 2. The Morgan fingerprint density at radius 1 is 0.943 bits per heavy atom. The molecule has 2 fully saturated rings. The van der Waals surface area contributed by atoms with Crippen LogP contribution in [-0.2, 0) is 0 Å². The van der Waals surface area contributed by atoms with Crippen LogP contribution < -0.4 is 9.80 Å². The number of aromatic nitrogens is 3. The number of likely N-dealkylation sites (tertiary alicyclic amines) is 1. The van der Waals surface area contributed by atoms with Gasteiger partial charge < -0.3 is 19.6 Å². The Bertz CT molecular complexity index is 1140. The molecule has 1 aromatic carbocycles. The number of piperazine rings is 1. The van der Waals surface area contributed by atoms with Gasteiger partial charge >= 0.3 is 0 Å². The first-order chi connectivity index (χ1) is 17.1. The van der Waals surface area contributed by atoms with Crippen LogP contribution in [0.1, 0.15) is 23.2 Å². The topological polar surface area (TPSA) is 68.7 Å². The van der Waals surface area contributed by atoms with Crippen molar-refractivity contribution in [3.05, 3.63) is 66.6 Å². The second-order valence-corrected chi connectivity index (χ2v) is 9.46. The number of nitrogens with zero attached hydrogens (tertiary/aromatic N) is 7. The molecule has 2 aliphatic rings. The molecule has 8 nitrogen and oxygen atoms in total. The van der Waals surface area contributed by atoms with Crippen molar-refractivity contribution in [2.75, 3.05) is 63.2 Å². The monoisotopic (exact) mass is 471 g/mol. The minimum absolute atomic E-state index is 0.0702. The summed E-state index contributed by atoms with van der Waals surface area (Å²) in [4.78, 5) is 35.6. The molecule has 0 unspecified atom stereocenters. The van der Waals surface area contributed by atoms with Crippen LogP contribution in [0.2, 0.25) is 0 Å². The minimum atomic E-state index is 0.0702. The van der Waals surface area contributed by atoms with Gasteiger partial charge in [-0.05, 0) is 62.8 Å². The van der Waals surface area contributed by atoms with E-state index in [9.17, 15) is 4.79 Å². The zero-order valence-corrected chi connectivity index (χ0v) is 20.5. The summed E-state index contributed by atoms with van der Waals surface area (Å²) < 4.78 is 0. The zero-order chi connectivity index (χ0) is 24.2. The maximum atomic E-state index is 13.2. The average molecular weight is 472 g/mol. The highest BCUT2D eigenvalue weighted by Crippen LogP contribution is 2.23. The minimum Gasteiger partial charge on any atom is -0.353 e. The van der Waals surface area contributed by atoms with Crippen LogP contribution in [0.3, 0.4) is 0 Å². The van der Waals surface area contributed by atoms with Crippen molar-refractivity contribution in [3.8, 4) is 11.1 Å². The zero-order valence-electron chi connectivity index (χ0n) is 20.5. The van der Waals surface area contributed by atoms with E-state index in [0.29, 0.717) is 24.7 Å². The molecule has 1 amide bonds. The molecule has 0 spiro atoms. The van der Waals surface area contributed by atoms with Crippen LogP contribution in [0.15, 0.2) is 61.1 Å². The lowest BCUT2D eigenvalue weighted by Gasteiger charge is -2.37. The summed E-state index contributed by atoms with van der Waals surface area (Å²) in [6, 6.07) is 14.2. The molecule has 182 valence electrons. The number of pyridine rings is 1. The van der Waals surface area contributed by atoms with Gasteiger partial charge in [0.2, 0.25) is 5.95 Å². The van der Waals surface area contributed by atoms with Crippen molar-refractivity contribution in [1.29, 1.82) is 0 Å². The molecule has 2 aromatic heterocycles. The molecule has 2 aliphatic heterocycles. The Morgan fingerprint density at radius 3 is 2.46 bits per heavy atom. The van der Waals surface area contributed by atoms with Gasteiger partial charge in [0.15, 0.2) is 0 Å². The predicted octanol–water partition coefficient (Wildman–Crippen LogP) is 3.03. The summed E-state index contributed by atoms with van der Waals surface area (Å²) in [6.45, 7) is 5.05. The number of carbonyl (C=O) groups is 1. The lowest BCUT2D eigenvalue weighted by atomic mass is 10.0. The molecule has 2 saturated heterocycles. The SMILES string of the molecule is CN1CCC(N(C)c2nccc(N3CCN(C(=O)c4cccc(-c5cccnc5)c4)CC3)n2)CC1. The quantitative estimate of drug-likeness (QED) is 0.567. The van der Waals surface area contributed by atoms with E-state index in [1.165, 1.54) is 0 Å². The van der Waals surface area contributed by atoms with Crippen LogP contribution in [0.25, 0.3) is 11.1 Å². The number of hydrogen-bond donors (Lipinski definition) is 0. The van der Waals surface area contributed by atoms with E-state index in [-0.39, 0.29) is 5.91 Å². The number of benzene rings is 1. The largest absolute Gasteiger partial charge is 0.353 e. The van der Waals surface area contributed by atoms with E-state index in [1.807, 2.05) is 59.8 Å². The van der Waals surface area contributed by atoms with Crippen LogP contribution in [0.5, 0.6) is 0 Å². The normalized spacial score (nSPS) is 17.4. The van der Waals surface area contributed by atoms with Gasteiger partial charge in [0, 0.05) is 69.0 Å². The standard InChI is InChI=1S/C27H33N7O/c1-31-13-9-24(10-14-31)32(2)27-29-12-8-25(30-27)33-15-17-34(18-16-33)26(35)22-6-3-5-21(19-22)23-7-4-11-28-20-23/h3-8,11-12,19-20,24H,9-10,13-18H2,1-2H3. The molecule has 0 radical (unpaired) electrons. The third-order valence-corrected chi connectivity index (χ3v) is 7.17. The van der Waals surface area contributed by atoms with Crippen molar-refractivity contribution < 1.29 is 4.79 Å². The summed E-state index contributed by atoms with van der Waals surface area (Å²) in [6.07, 6.45) is 7.69. The van der Waals surface area contributed by atoms with E-state index < -0.39 is 0 Å². The van der Waals surface area contributed by atoms with Gasteiger partial charge in [0.1, 0.15) is 5.82 Å². The van der Waals surface area contributed by atoms with E-state index >= 15 is 0 Å². The van der Waals surface area contributed by atoms with Gasteiger partial charge in [-0.3, -0.25) is 9.78 Å². The van der Waals surface area contributed by atoms with Gasteiger partial charge in [0.05, 0.1) is 0 Å². The van der Waals surface area contributed by atoms with Crippen molar-refractivity contribution in [2.24, 2.45) is 0 Å². The van der Waals surface area contributed by atoms with E-state index in [2.05, 4.69) is 38.8 Å². The molecule has 4 heterocycles. The molecule has 0 atom stereocenters. The lowest BCUT2D eigenvalue weighted by molar-refractivity contribution is 0.0746. The fourth-order valence-corrected chi connectivity index (χ4v) is 4.92. The van der Waals surface area contributed by atoms with Crippen molar-refractivity contribution in [3.63, 3.8) is 0 Å². The first-order valence-corrected chi connectivity index (χ1v) is 12.4. The summed E-state index contributed by atoms with van der Waals surface area (Å²) in [5.41, 5.74) is 2.73. The number of hydrogen-bond acceptors (Lipinski definition) is 7. The fraction of sp³-hybridized carbons (Fsp3) is 0.407. The number of carbonyl (C=O) groups excluding carboxylic acids is 1. The molecular formula is C27H33N7O. The second-order valence-electron chi connectivity index (χ2n) is 9.46. The average Bonchev–Trinajstić information content (AvgIpc) is 2.93. The molecule has 8 heteroatoms. The van der Waals surface area contributed by atoms with Gasteiger partial charge in [0.25, 0.3) is 5.91 Å². The third kappa shape index (κ3) is 5.27. The number of piperidine rings is 1. The van der Waals surface area contributed by atoms with Crippen molar-refractivity contribution in [1.82, 2.24) is 24.8 Å². The molecule has 3 aromatic rings. The Morgan fingerprint density at radius 2 is 1.71 bits per heavy atom. The van der Waals surface area contributed by atoms with Gasteiger partial charge in [-0.25, -0.2) is 4.98 Å². The Balaban J connectivity index is 1.22. The summed E-state index contributed by atoms with van der Waals surface area (Å²) in [5, 5.41) is 0. The maximum absolute atomic E-state index is 13.2. The smallest absolute Gasteiger partial charge is 0.253 e. The molecule has 5 rings (SSSR count). The highest BCUT2D eigenvalue weighted by atomic mass is 16.2.